The Morgan fingerprint density at radius 3 is 3.33 bits per heavy atom. The van der Waals surface area contributed by atoms with E-state index in [0.717, 1.165) is 5.69 Å². The molecule has 0 atom stereocenters. The van der Waals surface area contributed by atoms with E-state index in [4.69, 9.17) is 6.42 Å². The van der Waals surface area contributed by atoms with Gasteiger partial charge in [-0.05, 0) is 0 Å². The van der Waals surface area contributed by atoms with Crippen LogP contribution in [-0.2, 0) is 0 Å². The fraction of sp³-hybridized carbons (Fsp3) is 0.143. The maximum absolute atomic E-state index is 5.01. The number of terminal acetylenes is 1. The number of nitrogens with zero attached hydrogens (tertiary/aromatic N) is 1. The zero-order valence-electron chi connectivity index (χ0n) is 4.87. The Morgan fingerprint density at radius 2 is 2.78 bits per heavy atom. The van der Waals surface area contributed by atoms with Crippen molar-refractivity contribution in [2.75, 3.05) is 0 Å². The lowest BCUT2D eigenvalue weighted by Crippen LogP contribution is -1.76. The van der Waals surface area contributed by atoms with E-state index in [1.54, 1.807) is 6.07 Å². The zero-order chi connectivity index (χ0) is 6.53. The SMILES string of the molecule is C#CC[CH]c1ccon1. The second-order valence-electron chi connectivity index (χ2n) is 1.54. The molecule has 0 saturated heterocycles. The summed E-state index contributed by atoms with van der Waals surface area (Å²) < 4.78 is 4.56. The van der Waals surface area contributed by atoms with Crippen molar-refractivity contribution in [2.24, 2.45) is 0 Å². The summed E-state index contributed by atoms with van der Waals surface area (Å²) in [6.07, 6.45) is 8.95. The van der Waals surface area contributed by atoms with Gasteiger partial charge in [-0.3, -0.25) is 0 Å². The predicted octanol–water partition coefficient (Wildman–Crippen LogP) is 1.25. The van der Waals surface area contributed by atoms with Crippen molar-refractivity contribution in [3.63, 3.8) is 0 Å². The second-order valence-corrected chi connectivity index (χ2v) is 1.54. The van der Waals surface area contributed by atoms with Gasteiger partial charge in [-0.1, -0.05) is 5.16 Å². The molecule has 0 N–H and O–H groups in total. The molecule has 2 nitrogen and oxygen atoms in total. The zero-order valence-corrected chi connectivity index (χ0v) is 4.87. The monoisotopic (exact) mass is 120 g/mol. The molecule has 9 heavy (non-hydrogen) atoms. The van der Waals surface area contributed by atoms with Gasteiger partial charge >= 0.3 is 0 Å². The van der Waals surface area contributed by atoms with E-state index in [-0.39, 0.29) is 0 Å². The first-order valence-corrected chi connectivity index (χ1v) is 2.60. The standard InChI is InChI=1S/C7H6NO/c1-2-3-4-7-5-6-9-8-7/h1,4-6H,3H2. The minimum Gasteiger partial charge on any atom is -0.365 e. The van der Waals surface area contributed by atoms with Crippen LogP contribution in [0.2, 0.25) is 0 Å². The van der Waals surface area contributed by atoms with Crippen LogP contribution in [-0.4, -0.2) is 5.16 Å². The van der Waals surface area contributed by atoms with Gasteiger partial charge in [-0.15, -0.1) is 12.3 Å². The Bertz CT molecular complexity index is 195. The van der Waals surface area contributed by atoms with Gasteiger partial charge in [0.25, 0.3) is 0 Å². The fourth-order valence-corrected chi connectivity index (χ4v) is 0.491. The lowest BCUT2D eigenvalue weighted by atomic mass is 10.2. The number of rotatable bonds is 2. The Labute approximate surface area is 53.9 Å². The smallest absolute Gasteiger partial charge is 0.124 e. The second kappa shape index (κ2) is 2.93. The van der Waals surface area contributed by atoms with Crippen LogP contribution in [0.1, 0.15) is 12.1 Å². The third-order valence-electron chi connectivity index (χ3n) is 0.887. The van der Waals surface area contributed by atoms with Crippen LogP contribution in [0.4, 0.5) is 0 Å². The lowest BCUT2D eigenvalue weighted by Gasteiger charge is -1.82. The Morgan fingerprint density at radius 1 is 1.89 bits per heavy atom. The summed E-state index contributed by atoms with van der Waals surface area (Å²) in [5.41, 5.74) is 0.799. The quantitative estimate of drug-likeness (QED) is 0.549. The molecule has 0 aliphatic rings. The van der Waals surface area contributed by atoms with Gasteiger partial charge in [0.15, 0.2) is 0 Å². The number of aromatic nitrogens is 1. The van der Waals surface area contributed by atoms with Crippen molar-refractivity contribution in [1.29, 1.82) is 0 Å². The average Bonchev–Trinajstić information content (AvgIpc) is 2.34. The molecule has 0 bridgehead atoms. The van der Waals surface area contributed by atoms with Crippen LogP contribution in [0.15, 0.2) is 16.9 Å². The highest BCUT2D eigenvalue weighted by Gasteiger charge is 1.92. The topological polar surface area (TPSA) is 26.0 Å². The molecule has 2 heteroatoms. The third kappa shape index (κ3) is 1.61. The molecule has 0 fully saturated rings. The van der Waals surface area contributed by atoms with Gasteiger partial charge in [0.05, 0.1) is 5.69 Å². The highest BCUT2D eigenvalue weighted by molar-refractivity contribution is 5.11. The Balaban J connectivity index is 2.41. The van der Waals surface area contributed by atoms with Crippen LogP contribution in [0, 0.1) is 18.8 Å². The van der Waals surface area contributed by atoms with Gasteiger partial charge in [0.2, 0.25) is 0 Å². The van der Waals surface area contributed by atoms with Crippen molar-refractivity contribution < 1.29 is 4.52 Å². The first-order chi connectivity index (χ1) is 4.43. The van der Waals surface area contributed by atoms with Gasteiger partial charge in [0.1, 0.15) is 6.26 Å². The van der Waals surface area contributed by atoms with Crippen LogP contribution in [0.3, 0.4) is 0 Å². The highest BCUT2D eigenvalue weighted by atomic mass is 16.5. The molecule has 0 aromatic carbocycles. The van der Waals surface area contributed by atoms with E-state index in [1.165, 1.54) is 6.26 Å². The largest absolute Gasteiger partial charge is 0.365 e. The van der Waals surface area contributed by atoms with Crippen LogP contribution >= 0.6 is 0 Å². The lowest BCUT2D eigenvalue weighted by molar-refractivity contribution is 0.415. The van der Waals surface area contributed by atoms with Crippen molar-refractivity contribution in [3.05, 3.63) is 24.4 Å². The molecule has 1 aromatic rings. The minimum atomic E-state index is 0.604. The molecular weight excluding hydrogens is 114 g/mol. The maximum atomic E-state index is 5.01. The van der Waals surface area contributed by atoms with E-state index in [0.29, 0.717) is 6.42 Å². The summed E-state index contributed by atoms with van der Waals surface area (Å²) in [5.74, 6) is 2.47. The molecule has 0 saturated carbocycles. The summed E-state index contributed by atoms with van der Waals surface area (Å²) in [7, 11) is 0. The summed E-state index contributed by atoms with van der Waals surface area (Å²) in [6, 6.07) is 1.76. The molecule has 1 rings (SSSR count). The van der Waals surface area contributed by atoms with Crippen molar-refractivity contribution in [3.8, 4) is 12.3 Å². The average molecular weight is 120 g/mol. The number of hydrogen-bond acceptors (Lipinski definition) is 2. The highest BCUT2D eigenvalue weighted by Crippen LogP contribution is 1.99. The summed E-state index contributed by atoms with van der Waals surface area (Å²) >= 11 is 0. The Hall–Kier alpha value is -1.23. The van der Waals surface area contributed by atoms with Crippen molar-refractivity contribution in [1.82, 2.24) is 5.16 Å². The third-order valence-corrected chi connectivity index (χ3v) is 0.887. The van der Waals surface area contributed by atoms with Crippen LogP contribution in [0.5, 0.6) is 0 Å². The summed E-state index contributed by atoms with van der Waals surface area (Å²) in [4.78, 5) is 0. The van der Waals surface area contributed by atoms with Crippen LogP contribution in [0.25, 0.3) is 0 Å². The molecule has 1 aromatic heterocycles. The predicted molar refractivity (Wildman–Crippen MR) is 33.4 cm³/mol. The molecule has 0 spiro atoms. The van der Waals surface area contributed by atoms with E-state index >= 15 is 0 Å². The first kappa shape index (κ1) is 5.90. The molecule has 45 valence electrons. The molecular formula is C7H6NO. The molecule has 0 aliphatic heterocycles. The van der Waals surface area contributed by atoms with Crippen molar-refractivity contribution in [2.45, 2.75) is 6.42 Å². The van der Waals surface area contributed by atoms with Gasteiger partial charge < -0.3 is 4.52 Å². The van der Waals surface area contributed by atoms with Crippen LogP contribution < -0.4 is 0 Å². The summed E-state index contributed by atoms with van der Waals surface area (Å²) in [6.45, 7) is 0. The van der Waals surface area contributed by atoms with Crippen molar-refractivity contribution >= 4 is 0 Å². The minimum absolute atomic E-state index is 0.604. The Kier molecular flexibility index (Phi) is 1.92. The fourth-order valence-electron chi connectivity index (χ4n) is 0.491. The summed E-state index contributed by atoms with van der Waals surface area (Å²) in [5, 5.41) is 3.63. The van der Waals surface area contributed by atoms with Gasteiger partial charge in [0, 0.05) is 18.9 Å². The maximum Gasteiger partial charge on any atom is 0.124 e. The molecule has 0 amide bonds. The molecule has 1 radical (unpaired) electrons. The molecule has 1 heterocycles. The first-order valence-electron chi connectivity index (χ1n) is 2.60. The number of hydrogen-bond donors (Lipinski definition) is 0. The molecule has 0 unspecified atom stereocenters. The van der Waals surface area contributed by atoms with E-state index < -0.39 is 0 Å². The van der Waals surface area contributed by atoms with E-state index in [2.05, 4.69) is 15.6 Å². The van der Waals surface area contributed by atoms with E-state index in [1.807, 2.05) is 6.42 Å². The van der Waals surface area contributed by atoms with Gasteiger partial charge in [-0.2, -0.15) is 0 Å². The van der Waals surface area contributed by atoms with E-state index in [9.17, 15) is 0 Å². The normalized spacial score (nSPS) is 8.78. The van der Waals surface area contributed by atoms with Gasteiger partial charge in [-0.25, -0.2) is 0 Å². The molecule has 0 aliphatic carbocycles.